The van der Waals surface area contributed by atoms with Crippen molar-refractivity contribution in [1.82, 2.24) is 4.98 Å². The van der Waals surface area contributed by atoms with Crippen molar-refractivity contribution >= 4 is 34.0 Å². The van der Waals surface area contributed by atoms with Crippen molar-refractivity contribution in [3.63, 3.8) is 0 Å². The van der Waals surface area contributed by atoms with Gasteiger partial charge in [0.25, 0.3) is 0 Å². The van der Waals surface area contributed by atoms with Gasteiger partial charge in [-0.3, -0.25) is 9.59 Å². The highest BCUT2D eigenvalue weighted by Crippen LogP contribution is 2.33. The van der Waals surface area contributed by atoms with Gasteiger partial charge in [-0.25, -0.2) is 9.37 Å². The van der Waals surface area contributed by atoms with Crippen LogP contribution in [0.25, 0.3) is 11.3 Å². The Labute approximate surface area is 155 Å². The quantitative estimate of drug-likeness (QED) is 0.746. The number of nitrogens with one attached hydrogen (secondary N) is 2. The van der Waals surface area contributed by atoms with E-state index in [2.05, 4.69) is 15.6 Å². The monoisotopic (exact) mass is 376 g/mol. The van der Waals surface area contributed by atoms with Gasteiger partial charge in [-0.05, 0) is 43.5 Å². The van der Waals surface area contributed by atoms with Gasteiger partial charge in [0.1, 0.15) is 5.82 Å². The number of amides is 2. The van der Waals surface area contributed by atoms with E-state index >= 15 is 0 Å². The van der Waals surface area contributed by atoms with Crippen LogP contribution in [0.2, 0.25) is 0 Å². The first-order valence-corrected chi connectivity index (χ1v) is 9.40. The number of aromatic nitrogens is 1. The molecule has 4 N–H and O–H groups in total. The van der Waals surface area contributed by atoms with E-state index in [1.165, 1.54) is 24.3 Å². The molecule has 6 nitrogen and oxygen atoms in total. The maximum Gasteiger partial charge on any atom is 0.229 e. The molecule has 0 spiro atoms. The lowest BCUT2D eigenvalue weighted by Crippen LogP contribution is -2.29. The molecule has 1 aliphatic carbocycles. The van der Waals surface area contributed by atoms with Crippen LogP contribution in [-0.4, -0.2) is 23.3 Å². The molecule has 8 heteroatoms. The molecule has 2 aromatic rings. The van der Waals surface area contributed by atoms with Crippen molar-refractivity contribution in [2.45, 2.75) is 26.2 Å². The number of hydrogen-bond donors (Lipinski definition) is 3. The Morgan fingerprint density at radius 2 is 2.15 bits per heavy atom. The summed E-state index contributed by atoms with van der Waals surface area (Å²) in [5.74, 6) is -0.688. The van der Waals surface area contributed by atoms with E-state index in [4.69, 9.17) is 5.73 Å². The van der Waals surface area contributed by atoms with Crippen LogP contribution in [-0.2, 0) is 9.59 Å². The van der Waals surface area contributed by atoms with Gasteiger partial charge in [0, 0.05) is 29.5 Å². The number of rotatable bonds is 5. The predicted octanol–water partition coefficient (Wildman–Crippen LogP) is 3.22. The first-order valence-electron chi connectivity index (χ1n) is 8.52. The maximum absolute atomic E-state index is 14.3. The minimum absolute atomic E-state index is 0.0691. The second-order valence-electron chi connectivity index (χ2n) is 6.44. The van der Waals surface area contributed by atoms with Crippen molar-refractivity contribution in [3.8, 4) is 11.3 Å². The third-order valence-electron chi connectivity index (χ3n) is 4.60. The van der Waals surface area contributed by atoms with Crippen LogP contribution in [0.4, 0.5) is 15.2 Å². The molecule has 0 aliphatic heterocycles. The van der Waals surface area contributed by atoms with E-state index in [9.17, 15) is 14.0 Å². The summed E-state index contributed by atoms with van der Waals surface area (Å²) in [5.41, 5.74) is 6.88. The van der Waals surface area contributed by atoms with Crippen LogP contribution in [0, 0.1) is 17.7 Å². The number of halogens is 1. The Kier molecular flexibility index (Phi) is 5.63. The maximum atomic E-state index is 14.3. The zero-order valence-electron chi connectivity index (χ0n) is 14.4. The fourth-order valence-electron chi connectivity index (χ4n) is 3.32. The summed E-state index contributed by atoms with van der Waals surface area (Å²) in [5, 5.41) is 7.50. The second kappa shape index (κ2) is 7.92. The molecule has 0 bridgehead atoms. The molecule has 26 heavy (non-hydrogen) atoms. The summed E-state index contributed by atoms with van der Waals surface area (Å²) < 4.78 is 14.3. The number of nitrogens with zero attached hydrogens (tertiary/aromatic N) is 1. The van der Waals surface area contributed by atoms with Crippen LogP contribution in [0.15, 0.2) is 23.6 Å². The minimum atomic E-state index is -0.488. The SMILES string of the molecule is CC(=O)Nc1ccc(-c2csc(NC(=O)[C@@H]3CCC[C@@H]3CN)n2)c(F)c1. The van der Waals surface area contributed by atoms with Gasteiger partial charge in [-0.15, -0.1) is 11.3 Å². The smallest absolute Gasteiger partial charge is 0.229 e. The molecule has 1 aliphatic rings. The molecular formula is C18H21FN4O2S. The Balaban J connectivity index is 1.71. The molecule has 0 saturated heterocycles. The molecule has 1 aromatic heterocycles. The van der Waals surface area contributed by atoms with Gasteiger partial charge in [0.15, 0.2) is 5.13 Å². The molecule has 1 fully saturated rings. The Hall–Kier alpha value is -2.32. The lowest BCUT2D eigenvalue weighted by molar-refractivity contribution is -0.120. The number of benzene rings is 1. The van der Waals surface area contributed by atoms with Gasteiger partial charge < -0.3 is 16.4 Å². The molecule has 1 aromatic carbocycles. The Morgan fingerprint density at radius 1 is 1.35 bits per heavy atom. The molecule has 0 unspecified atom stereocenters. The van der Waals surface area contributed by atoms with Gasteiger partial charge in [-0.1, -0.05) is 6.42 Å². The molecule has 2 amide bonds. The number of anilines is 2. The van der Waals surface area contributed by atoms with Gasteiger partial charge in [0.2, 0.25) is 11.8 Å². The Bertz CT molecular complexity index is 823. The van der Waals surface area contributed by atoms with Crippen LogP contribution in [0.1, 0.15) is 26.2 Å². The van der Waals surface area contributed by atoms with Crippen LogP contribution in [0.5, 0.6) is 0 Å². The van der Waals surface area contributed by atoms with Crippen molar-refractivity contribution in [2.24, 2.45) is 17.6 Å². The molecule has 1 saturated carbocycles. The highest BCUT2D eigenvalue weighted by molar-refractivity contribution is 7.14. The van der Waals surface area contributed by atoms with E-state index in [0.29, 0.717) is 28.6 Å². The number of carbonyl (C=O) groups is 2. The average Bonchev–Trinajstić information content (AvgIpc) is 3.23. The molecule has 2 atom stereocenters. The summed E-state index contributed by atoms with van der Waals surface area (Å²) >= 11 is 1.25. The lowest BCUT2D eigenvalue weighted by Gasteiger charge is -2.16. The number of hydrogen-bond acceptors (Lipinski definition) is 5. The minimum Gasteiger partial charge on any atom is -0.330 e. The summed E-state index contributed by atoms with van der Waals surface area (Å²) in [6.45, 7) is 1.87. The van der Waals surface area contributed by atoms with E-state index in [1.807, 2.05) is 0 Å². The van der Waals surface area contributed by atoms with Crippen LogP contribution >= 0.6 is 11.3 Å². The molecule has 1 heterocycles. The normalized spacial score (nSPS) is 19.3. The molecule has 138 valence electrons. The predicted molar refractivity (Wildman–Crippen MR) is 100 cm³/mol. The summed E-state index contributed by atoms with van der Waals surface area (Å²) in [6.07, 6.45) is 2.82. The van der Waals surface area contributed by atoms with Gasteiger partial charge in [0.05, 0.1) is 5.69 Å². The van der Waals surface area contributed by atoms with Crippen molar-refractivity contribution < 1.29 is 14.0 Å². The van der Waals surface area contributed by atoms with Crippen LogP contribution < -0.4 is 16.4 Å². The van der Waals surface area contributed by atoms with E-state index < -0.39 is 5.82 Å². The number of nitrogens with two attached hydrogens (primary N) is 1. The molecule has 3 rings (SSSR count). The zero-order chi connectivity index (χ0) is 18.7. The standard InChI is InChI=1S/C18H21FN4O2S/c1-10(24)21-12-5-6-14(15(19)7-12)16-9-26-18(22-16)23-17(25)13-4-2-3-11(13)8-20/h5-7,9,11,13H,2-4,8,20H2,1H3,(H,21,24)(H,22,23,25)/t11-,13-/m1/s1. The third kappa shape index (κ3) is 4.08. The summed E-state index contributed by atoms with van der Waals surface area (Å²) in [7, 11) is 0. The van der Waals surface area contributed by atoms with E-state index in [-0.39, 0.29) is 23.7 Å². The Morgan fingerprint density at radius 3 is 2.85 bits per heavy atom. The summed E-state index contributed by atoms with van der Waals surface area (Å²) in [6, 6.07) is 4.42. The zero-order valence-corrected chi connectivity index (χ0v) is 15.2. The van der Waals surface area contributed by atoms with Gasteiger partial charge in [-0.2, -0.15) is 0 Å². The van der Waals surface area contributed by atoms with Gasteiger partial charge >= 0.3 is 0 Å². The second-order valence-corrected chi connectivity index (χ2v) is 7.29. The largest absolute Gasteiger partial charge is 0.330 e. The van der Waals surface area contributed by atoms with Crippen molar-refractivity contribution in [3.05, 3.63) is 29.4 Å². The van der Waals surface area contributed by atoms with Crippen molar-refractivity contribution in [1.29, 1.82) is 0 Å². The fourth-order valence-corrected chi connectivity index (χ4v) is 4.03. The summed E-state index contributed by atoms with van der Waals surface area (Å²) in [4.78, 5) is 27.8. The number of carbonyl (C=O) groups excluding carboxylic acids is 2. The topological polar surface area (TPSA) is 97.1 Å². The first kappa shape index (κ1) is 18.5. The molecular weight excluding hydrogens is 355 g/mol. The lowest BCUT2D eigenvalue weighted by atomic mass is 9.95. The first-order chi connectivity index (χ1) is 12.5. The van der Waals surface area contributed by atoms with E-state index in [1.54, 1.807) is 17.5 Å². The highest BCUT2D eigenvalue weighted by atomic mass is 32.1. The molecule has 0 radical (unpaired) electrons. The fraction of sp³-hybridized carbons (Fsp3) is 0.389. The number of thiazole rings is 1. The average molecular weight is 376 g/mol. The highest BCUT2D eigenvalue weighted by Gasteiger charge is 2.32. The van der Waals surface area contributed by atoms with Crippen molar-refractivity contribution in [2.75, 3.05) is 17.2 Å². The van der Waals surface area contributed by atoms with E-state index in [0.717, 1.165) is 19.3 Å². The third-order valence-corrected chi connectivity index (χ3v) is 5.36. The van der Waals surface area contributed by atoms with Crippen LogP contribution in [0.3, 0.4) is 0 Å².